The molecule has 4 heteroatoms. The highest BCUT2D eigenvalue weighted by molar-refractivity contribution is 5.84. The highest BCUT2D eigenvalue weighted by Crippen LogP contribution is 2.20. The lowest BCUT2D eigenvalue weighted by atomic mass is 10.1. The lowest BCUT2D eigenvalue weighted by Crippen LogP contribution is -2.32. The van der Waals surface area contributed by atoms with Crippen molar-refractivity contribution in [3.05, 3.63) is 42.5 Å². The van der Waals surface area contributed by atoms with E-state index >= 15 is 0 Å². The topological polar surface area (TPSA) is 53.3 Å². The van der Waals surface area contributed by atoms with Gasteiger partial charge in [-0.15, -0.1) is 0 Å². The van der Waals surface area contributed by atoms with Crippen LogP contribution in [0.4, 0.5) is 0 Å². The zero-order chi connectivity index (χ0) is 14.4. The van der Waals surface area contributed by atoms with Crippen LogP contribution < -0.4 is 4.74 Å². The predicted octanol–water partition coefficient (Wildman–Crippen LogP) is 2.59. The molecule has 0 heterocycles. The van der Waals surface area contributed by atoms with Crippen molar-refractivity contribution in [1.29, 1.82) is 5.26 Å². The van der Waals surface area contributed by atoms with Crippen molar-refractivity contribution < 1.29 is 9.53 Å². The molecule has 0 aliphatic carbocycles. The summed E-state index contributed by atoms with van der Waals surface area (Å²) in [6.07, 6.45) is 0.332. The number of fused-ring (bicyclic) bond motifs is 1. The van der Waals surface area contributed by atoms with Crippen LogP contribution >= 0.6 is 0 Å². The Morgan fingerprint density at radius 1 is 1.25 bits per heavy atom. The average Bonchev–Trinajstić information content (AvgIpc) is 2.50. The zero-order valence-electron chi connectivity index (χ0n) is 11.4. The van der Waals surface area contributed by atoms with Gasteiger partial charge in [-0.1, -0.05) is 30.3 Å². The zero-order valence-corrected chi connectivity index (χ0v) is 11.4. The van der Waals surface area contributed by atoms with Crippen molar-refractivity contribution in [2.45, 2.75) is 6.42 Å². The van der Waals surface area contributed by atoms with Crippen LogP contribution in [0.2, 0.25) is 0 Å². The smallest absolute Gasteiger partial charge is 0.260 e. The molecule has 0 fully saturated rings. The number of carbonyl (C=O) groups is 1. The second-order valence-electron chi connectivity index (χ2n) is 4.52. The third kappa shape index (κ3) is 3.48. The fourth-order valence-electron chi connectivity index (χ4n) is 1.85. The molecule has 1 amide bonds. The Balaban J connectivity index is 1.95. The number of carbonyl (C=O) groups excluding carboxylic acids is 1. The summed E-state index contributed by atoms with van der Waals surface area (Å²) in [6, 6.07) is 15.7. The molecule has 0 saturated heterocycles. The van der Waals surface area contributed by atoms with Gasteiger partial charge in [0.25, 0.3) is 5.91 Å². The number of benzene rings is 2. The van der Waals surface area contributed by atoms with E-state index in [9.17, 15) is 4.79 Å². The molecule has 0 radical (unpaired) electrons. The molecule has 0 bridgehead atoms. The van der Waals surface area contributed by atoms with Crippen molar-refractivity contribution in [3.63, 3.8) is 0 Å². The van der Waals surface area contributed by atoms with E-state index in [2.05, 4.69) is 0 Å². The number of hydrogen-bond donors (Lipinski definition) is 0. The van der Waals surface area contributed by atoms with Crippen molar-refractivity contribution in [3.8, 4) is 11.8 Å². The number of amides is 1. The van der Waals surface area contributed by atoms with Gasteiger partial charge in [0, 0.05) is 13.6 Å². The Bertz CT molecular complexity index is 646. The van der Waals surface area contributed by atoms with Gasteiger partial charge >= 0.3 is 0 Å². The third-order valence-corrected chi connectivity index (χ3v) is 3.07. The number of nitrogens with zero attached hydrogens (tertiary/aromatic N) is 2. The minimum atomic E-state index is -0.131. The fraction of sp³-hybridized carbons (Fsp3) is 0.250. The van der Waals surface area contributed by atoms with Gasteiger partial charge in [0.1, 0.15) is 5.75 Å². The molecule has 0 spiro atoms. The fourth-order valence-corrected chi connectivity index (χ4v) is 1.85. The monoisotopic (exact) mass is 268 g/mol. The van der Waals surface area contributed by atoms with Crippen molar-refractivity contribution in [2.24, 2.45) is 0 Å². The summed E-state index contributed by atoms with van der Waals surface area (Å²) in [6.45, 7) is 0.413. The highest BCUT2D eigenvalue weighted by Gasteiger charge is 2.09. The van der Waals surface area contributed by atoms with Gasteiger partial charge < -0.3 is 9.64 Å². The highest BCUT2D eigenvalue weighted by atomic mass is 16.5. The van der Waals surface area contributed by atoms with Crippen LogP contribution in [0.5, 0.6) is 5.75 Å². The number of ether oxygens (including phenoxy) is 1. The third-order valence-electron chi connectivity index (χ3n) is 3.07. The Kier molecular flexibility index (Phi) is 4.56. The second kappa shape index (κ2) is 6.58. The van der Waals surface area contributed by atoms with Crippen LogP contribution in [-0.2, 0) is 4.79 Å². The maximum atomic E-state index is 11.8. The summed E-state index contributed by atoms with van der Waals surface area (Å²) in [7, 11) is 1.67. The summed E-state index contributed by atoms with van der Waals surface area (Å²) in [5, 5.41) is 10.7. The van der Waals surface area contributed by atoms with Gasteiger partial charge in [0.15, 0.2) is 6.61 Å². The molecule has 0 aliphatic rings. The van der Waals surface area contributed by atoms with Crippen LogP contribution in [0.25, 0.3) is 10.8 Å². The van der Waals surface area contributed by atoms with Crippen LogP contribution in [0.1, 0.15) is 6.42 Å². The van der Waals surface area contributed by atoms with Crippen LogP contribution in [0, 0.1) is 11.3 Å². The normalized spacial score (nSPS) is 10.0. The molecule has 0 atom stereocenters. The molecule has 2 aromatic carbocycles. The first kappa shape index (κ1) is 13.9. The standard InChI is InChI=1S/C16H16N2O2/c1-18(10-4-9-17)16(19)12-20-15-8-7-13-5-2-3-6-14(13)11-15/h2-3,5-8,11H,4,10,12H2,1H3. The van der Waals surface area contributed by atoms with Gasteiger partial charge in [0.2, 0.25) is 0 Å². The molecule has 2 aromatic rings. The van der Waals surface area contributed by atoms with Gasteiger partial charge in [-0.2, -0.15) is 5.26 Å². The quantitative estimate of drug-likeness (QED) is 0.837. The summed E-state index contributed by atoms with van der Waals surface area (Å²) in [4.78, 5) is 13.3. The SMILES string of the molecule is CN(CCC#N)C(=O)COc1ccc2ccccc2c1. The molecule has 4 nitrogen and oxygen atoms in total. The molecule has 0 aromatic heterocycles. The van der Waals surface area contributed by atoms with E-state index in [4.69, 9.17) is 10.00 Å². The molecule has 20 heavy (non-hydrogen) atoms. The van der Waals surface area contributed by atoms with E-state index in [1.807, 2.05) is 48.5 Å². The molecular weight excluding hydrogens is 252 g/mol. The molecule has 0 N–H and O–H groups in total. The maximum Gasteiger partial charge on any atom is 0.260 e. The summed E-state index contributed by atoms with van der Waals surface area (Å²) in [5.41, 5.74) is 0. The maximum absolute atomic E-state index is 11.8. The van der Waals surface area contributed by atoms with Gasteiger partial charge in [-0.3, -0.25) is 4.79 Å². The minimum Gasteiger partial charge on any atom is -0.484 e. The van der Waals surface area contributed by atoms with Crippen LogP contribution in [-0.4, -0.2) is 31.0 Å². The first-order chi connectivity index (χ1) is 9.70. The first-order valence-corrected chi connectivity index (χ1v) is 6.43. The van der Waals surface area contributed by atoms with E-state index < -0.39 is 0 Å². The molecular formula is C16H16N2O2. The van der Waals surface area contributed by atoms with Crippen molar-refractivity contribution >= 4 is 16.7 Å². The summed E-state index contributed by atoms with van der Waals surface area (Å²) >= 11 is 0. The number of likely N-dealkylation sites (N-methyl/N-ethyl adjacent to an activating group) is 1. The Morgan fingerprint density at radius 3 is 2.75 bits per heavy atom. The van der Waals surface area contributed by atoms with Crippen LogP contribution in [0.3, 0.4) is 0 Å². The Morgan fingerprint density at radius 2 is 2.00 bits per heavy atom. The van der Waals surface area contributed by atoms with Crippen molar-refractivity contribution in [1.82, 2.24) is 4.90 Å². The van der Waals surface area contributed by atoms with Crippen LogP contribution in [0.15, 0.2) is 42.5 Å². The number of nitriles is 1. The summed E-state index contributed by atoms with van der Waals surface area (Å²) in [5.74, 6) is 0.541. The number of hydrogen-bond acceptors (Lipinski definition) is 3. The van der Waals surface area contributed by atoms with Gasteiger partial charge in [0.05, 0.1) is 12.5 Å². The lowest BCUT2D eigenvalue weighted by Gasteiger charge is -2.15. The van der Waals surface area contributed by atoms with Gasteiger partial charge in [-0.05, 0) is 22.9 Å². The van der Waals surface area contributed by atoms with E-state index in [1.165, 1.54) is 4.90 Å². The number of rotatable bonds is 5. The largest absolute Gasteiger partial charge is 0.484 e. The molecule has 0 aliphatic heterocycles. The van der Waals surface area contributed by atoms with E-state index in [0.29, 0.717) is 18.7 Å². The second-order valence-corrected chi connectivity index (χ2v) is 4.52. The summed E-state index contributed by atoms with van der Waals surface area (Å²) < 4.78 is 5.50. The Labute approximate surface area is 118 Å². The van der Waals surface area contributed by atoms with E-state index in [0.717, 1.165) is 10.8 Å². The van der Waals surface area contributed by atoms with E-state index in [1.54, 1.807) is 7.05 Å². The molecule has 2 rings (SSSR count). The molecule has 0 unspecified atom stereocenters. The minimum absolute atomic E-state index is 0.0136. The van der Waals surface area contributed by atoms with E-state index in [-0.39, 0.29) is 12.5 Å². The van der Waals surface area contributed by atoms with Crippen molar-refractivity contribution in [2.75, 3.05) is 20.2 Å². The lowest BCUT2D eigenvalue weighted by molar-refractivity contribution is -0.131. The molecule has 102 valence electrons. The first-order valence-electron chi connectivity index (χ1n) is 6.43. The Hall–Kier alpha value is -2.54. The molecule has 0 saturated carbocycles. The predicted molar refractivity (Wildman–Crippen MR) is 77.3 cm³/mol. The average molecular weight is 268 g/mol. The van der Waals surface area contributed by atoms with Gasteiger partial charge in [-0.25, -0.2) is 0 Å².